The van der Waals surface area contributed by atoms with Gasteiger partial charge in [0, 0.05) is 12.6 Å². The summed E-state index contributed by atoms with van der Waals surface area (Å²) in [6.45, 7) is 4.13. The summed E-state index contributed by atoms with van der Waals surface area (Å²) in [7, 11) is 3.35. The molecule has 0 amide bonds. The van der Waals surface area contributed by atoms with Gasteiger partial charge < -0.3 is 14.8 Å². The lowest BCUT2D eigenvalue weighted by Crippen LogP contribution is -2.22. The molecule has 1 aromatic rings. The molecule has 4 heteroatoms. The summed E-state index contributed by atoms with van der Waals surface area (Å²) in [6.07, 6.45) is 2.14. The minimum Gasteiger partial charge on any atom is -0.497 e. The number of benzene rings is 1. The molecule has 102 valence electrons. The van der Waals surface area contributed by atoms with Crippen molar-refractivity contribution in [2.45, 2.75) is 13.5 Å². The topological polar surface area (TPSA) is 30.5 Å². The van der Waals surface area contributed by atoms with Gasteiger partial charge in [-0.2, -0.15) is 11.8 Å². The van der Waals surface area contributed by atoms with E-state index < -0.39 is 0 Å². The van der Waals surface area contributed by atoms with Gasteiger partial charge in [0.05, 0.1) is 14.2 Å². The van der Waals surface area contributed by atoms with Gasteiger partial charge in [-0.1, -0.05) is 6.92 Å². The van der Waals surface area contributed by atoms with Gasteiger partial charge in [-0.05, 0) is 42.2 Å². The monoisotopic (exact) mass is 269 g/mol. The zero-order valence-electron chi connectivity index (χ0n) is 11.7. The van der Waals surface area contributed by atoms with Crippen molar-refractivity contribution in [3.05, 3.63) is 23.8 Å². The number of rotatable bonds is 8. The molecule has 1 rings (SSSR count). The second-order valence-electron chi connectivity index (χ2n) is 4.41. The SMILES string of the molecule is COc1cc(CNCC(C)CSC)cc(OC)c1. The molecule has 0 bridgehead atoms. The predicted octanol–water partition coefficient (Wildman–Crippen LogP) is 2.79. The molecular weight excluding hydrogens is 246 g/mol. The highest BCUT2D eigenvalue weighted by Gasteiger charge is 2.03. The molecule has 0 aliphatic rings. The first kappa shape index (κ1) is 15.2. The third-order valence-electron chi connectivity index (χ3n) is 2.68. The van der Waals surface area contributed by atoms with Gasteiger partial charge >= 0.3 is 0 Å². The van der Waals surface area contributed by atoms with E-state index >= 15 is 0 Å². The van der Waals surface area contributed by atoms with Crippen LogP contribution in [0.2, 0.25) is 0 Å². The van der Waals surface area contributed by atoms with Gasteiger partial charge in [0.25, 0.3) is 0 Å². The maximum atomic E-state index is 5.25. The summed E-state index contributed by atoms with van der Waals surface area (Å²) in [5, 5.41) is 3.46. The summed E-state index contributed by atoms with van der Waals surface area (Å²) in [5.74, 6) is 3.55. The summed E-state index contributed by atoms with van der Waals surface area (Å²) < 4.78 is 10.5. The molecule has 0 fully saturated rings. The van der Waals surface area contributed by atoms with Crippen molar-refractivity contribution in [3.63, 3.8) is 0 Å². The van der Waals surface area contributed by atoms with E-state index in [0.717, 1.165) is 24.6 Å². The summed E-state index contributed by atoms with van der Waals surface area (Å²) in [4.78, 5) is 0. The van der Waals surface area contributed by atoms with E-state index in [-0.39, 0.29) is 0 Å². The standard InChI is InChI=1S/C14H23NO2S/c1-11(10-18-4)8-15-9-12-5-13(16-2)7-14(6-12)17-3/h5-7,11,15H,8-10H2,1-4H3. The summed E-state index contributed by atoms with van der Waals surface area (Å²) >= 11 is 1.89. The first-order valence-electron chi connectivity index (χ1n) is 6.11. The number of methoxy groups -OCH3 is 2. The first-order valence-corrected chi connectivity index (χ1v) is 7.50. The molecule has 0 saturated heterocycles. The summed E-state index contributed by atoms with van der Waals surface area (Å²) in [6, 6.07) is 5.96. The molecule has 0 saturated carbocycles. The third kappa shape index (κ3) is 5.19. The molecule has 1 N–H and O–H groups in total. The van der Waals surface area contributed by atoms with E-state index in [0.29, 0.717) is 5.92 Å². The fourth-order valence-electron chi connectivity index (χ4n) is 1.77. The van der Waals surface area contributed by atoms with E-state index in [1.54, 1.807) is 14.2 Å². The molecule has 0 spiro atoms. The van der Waals surface area contributed by atoms with Crippen LogP contribution in [0.5, 0.6) is 11.5 Å². The smallest absolute Gasteiger partial charge is 0.122 e. The van der Waals surface area contributed by atoms with Crippen LogP contribution in [0.3, 0.4) is 0 Å². The van der Waals surface area contributed by atoms with Crippen molar-refractivity contribution in [1.82, 2.24) is 5.32 Å². The fourth-order valence-corrected chi connectivity index (χ4v) is 2.46. The van der Waals surface area contributed by atoms with Gasteiger partial charge in [-0.15, -0.1) is 0 Å². The van der Waals surface area contributed by atoms with Crippen molar-refractivity contribution in [3.8, 4) is 11.5 Å². The normalized spacial score (nSPS) is 12.2. The van der Waals surface area contributed by atoms with Crippen LogP contribution in [0.4, 0.5) is 0 Å². The maximum absolute atomic E-state index is 5.25. The molecule has 0 aliphatic carbocycles. The van der Waals surface area contributed by atoms with Crippen LogP contribution >= 0.6 is 11.8 Å². The number of ether oxygens (including phenoxy) is 2. The van der Waals surface area contributed by atoms with Crippen LogP contribution in [0.25, 0.3) is 0 Å². The molecule has 1 aromatic carbocycles. The Labute approximate surface area is 114 Å². The molecular formula is C14H23NO2S. The lowest BCUT2D eigenvalue weighted by Gasteiger charge is -2.12. The van der Waals surface area contributed by atoms with Gasteiger partial charge in [0.1, 0.15) is 11.5 Å². The highest BCUT2D eigenvalue weighted by atomic mass is 32.2. The van der Waals surface area contributed by atoms with Gasteiger partial charge in [0.15, 0.2) is 0 Å². The number of hydrogen-bond acceptors (Lipinski definition) is 4. The lowest BCUT2D eigenvalue weighted by molar-refractivity contribution is 0.393. The quantitative estimate of drug-likeness (QED) is 0.786. The van der Waals surface area contributed by atoms with Gasteiger partial charge in [-0.3, -0.25) is 0 Å². The molecule has 18 heavy (non-hydrogen) atoms. The van der Waals surface area contributed by atoms with Crippen LogP contribution in [-0.2, 0) is 6.54 Å². The lowest BCUT2D eigenvalue weighted by atomic mass is 10.1. The highest BCUT2D eigenvalue weighted by Crippen LogP contribution is 2.22. The molecule has 3 nitrogen and oxygen atoms in total. The largest absolute Gasteiger partial charge is 0.497 e. The second kappa shape index (κ2) is 8.27. The van der Waals surface area contributed by atoms with E-state index in [1.165, 1.54) is 11.3 Å². The Bertz CT molecular complexity index is 335. The van der Waals surface area contributed by atoms with Crippen LogP contribution < -0.4 is 14.8 Å². The molecule has 1 unspecified atom stereocenters. The average molecular weight is 269 g/mol. The van der Waals surface area contributed by atoms with E-state index in [2.05, 4.69) is 18.5 Å². The van der Waals surface area contributed by atoms with Gasteiger partial charge in [-0.25, -0.2) is 0 Å². The zero-order chi connectivity index (χ0) is 13.4. The minimum absolute atomic E-state index is 0.688. The molecule has 0 heterocycles. The first-order chi connectivity index (χ1) is 8.69. The Morgan fingerprint density at radius 2 is 1.78 bits per heavy atom. The molecule has 0 radical (unpaired) electrons. The predicted molar refractivity (Wildman–Crippen MR) is 78.8 cm³/mol. The molecule has 1 atom stereocenters. The van der Waals surface area contributed by atoms with Crippen LogP contribution in [-0.4, -0.2) is 32.8 Å². The number of hydrogen-bond donors (Lipinski definition) is 1. The average Bonchev–Trinajstić information content (AvgIpc) is 2.38. The second-order valence-corrected chi connectivity index (χ2v) is 5.32. The van der Waals surface area contributed by atoms with Crippen LogP contribution in [0.15, 0.2) is 18.2 Å². The maximum Gasteiger partial charge on any atom is 0.122 e. The minimum atomic E-state index is 0.688. The van der Waals surface area contributed by atoms with Gasteiger partial charge in [0.2, 0.25) is 0 Å². The van der Waals surface area contributed by atoms with Crippen LogP contribution in [0.1, 0.15) is 12.5 Å². The number of thioether (sulfide) groups is 1. The van der Waals surface area contributed by atoms with E-state index in [4.69, 9.17) is 9.47 Å². The molecule has 0 aliphatic heterocycles. The van der Waals surface area contributed by atoms with Crippen LogP contribution in [0, 0.1) is 5.92 Å². The Hall–Kier alpha value is -0.870. The molecule has 0 aromatic heterocycles. The Morgan fingerprint density at radius 1 is 1.17 bits per heavy atom. The zero-order valence-corrected chi connectivity index (χ0v) is 12.5. The summed E-state index contributed by atoms with van der Waals surface area (Å²) in [5.41, 5.74) is 1.18. The Kier molecular flexibility index (Phi) is 6.98. The Balaban J connectivity index is 2.50. The van der Waals surface area contributed by atoms with Crippen molar-refractivity contribution in [2.75, 3.05) is 32.8 Å². The third-order valence-corrected chi connectivity index (χ3v) is 3.59. The van der Waals surface area contributed by atoms with Crippen molar-refractivity contribution in [1.29, 1.82) is 0 Å². The van der Waals surface area contributed by atoms with Crippen molar-refractivity contribution in [2.24, 2.45) is 5.92 Å². The number of nitrogens with one attached hydrogen (secondary N) is 1. The van der Waals surface area contributed by atoms with E-state index in [9.17, 15) is 0 Å². The van der Waals surface area contributed by atoms with Crippen molar-refractivity contribution < 1.29 is 9.47 Å². The van der Waals surface area contributed by atoms with Crippen molar-refractivity contribution >= 4 is 11.8 Å². The Morgan fingerprint density at radius 3 is 2.28 bits per heavy atom. The highest BCUT2D eigenvalue weighted by molar-refractivity contribution is 7.98. The van der Waals surface area contributed by atoms with E-state index in [1.807, 2.05) is 30.0 Å². The fraction of sp³-hybridized carbons (Fsp3) is 0.571.